The van der Waals surface area contributed by atoms with E-state index in [1.165, 1.54) is 0 Å². The number of aliphatic hydroxyl groups is 1. The zero-order valence-corrected chi connectivity index (χ0v) is 18.0. The van der Waals surface area contributed by atoms with Crippen LogP contribution in [0.4, 0.5) is 0 Å². The molecule has 8 heteroatoms. The van der Waals surface area contributed by atoms with Crippen LogP contribution in [0.5, 0.6) is 5.75 Å². The van der Waals surface area contributed by atoms with Gasteiger partial charge < -0.3 is 14.7 Å². The number of halogens is 1. The van der Waals surface area contributed by atoms with E-state index in [0.717, 1.165) is 29.4 Å². The Morgan fingerprint density at radius 2 is 1.86 bits per heavy atom. The summed E-state index contributed by atoms with van der Waals surface area (Å²) in [5.41, 5.74) is 1.81. The largest absolute Gasteiger partial charge is 0.494 e. The number of hydrogen-bond donors (Lipinski definition) is 1. The SMILES string of the molecule is CN(CCO)CCCCOc1ccc2c(c1)S(=O)(=O)N=C2c1ccc(Br)cc1. The fourth-order valence-corrected chi connectivity index (χ4v) is 4.51. The Bertz CT molecular complexity index is 959. The van der Waals surface area contributed by atoms with Crippen LogP contribution in [-0.2, 0) is 10.0 Å². The summed E-state index contributed by atoms with van der Waals surface area (Å²) in [7, 11) is -1.76. The van der Waals surface area contributed by atoms with Crippen molar-refractivity contribution >= 4 is 31.7 Å². The third kappa shape index (κ3) is 5.00. The molecule has 6 nitrogen and oxygen atoms in total. The molecule has 150 valence electrons. The minimum atomic E-state index is -3.72. The summed E-state index contributed by atoms with van der Waals surface area (Å²) in [5, 5.41) is 8.88. The molecule has 0 unspecified atom stereocenters. The van der Waals surface area contributed by atoms with Crippen LogP contribution in [0.15, 0.2) is 56.2 Å². The van der Waals surface area contributed by atoms with E-state index in [9.17, 15) is 8.42 Å². The Morgan fingerprint density at radius 3 is 2.57 bits per heavy atom. The van der Waals surface area contributed by atoms with Crippen molar-refractivity contribution in [1.82, 2.24) is 4.90 Å². The van der Waals surface area contributed by atoms with Gasteiger partial charge in [0.15, 0.2) is 0 Å². The van der Waals surface area contributed by atoms with E-state index in [4.69, 9.17) is 9.84 Å². The van der Waals surface area contributed by atoms with Gasteiger partial charge in [-0.2, -0.15) is 12.8 Å². The molecule has 1 aliphatic heterocycles. The zero-order valence-electron chi connectivity index (χ0n) is 15.6. The monoisotopic (exact) mass is 466 g/mol. The summed E-state index contributed by atoms with van der Waals surface area (Å²) >= 11 is 3.38. The van der Waals surface area contributed by atoms with Crippen molar-refractivity contribution in [3.63, 3.8) is 0 Å². The van der Waals surface area contributed by atoms with Crippen LogP contribution in [0.2, 0.25) is 0 Å². The minimum Gasteiger partial charge on any atom is -0.494 e. The number of unbranched alkanes of at least 4 members (excludes halogenated alkanes) is 1. The molecule has 28 heavy (non-hydrogen) atoms. The van der Waals surface area contributed by atoms with Gasteiger partial charge in [-0.25, -0.2) is 0 Å². The van der Waals surface area contributed by atoms with Crippen molar-refractivity contribution in [2.24, 2.45) is 4.40 Å². The van der Waals surface area contributed by atoms with Gasteiger partial charge in [-0.05, 0) is 50.7 Å². The van der Waals surface area contributed by atoms with E-state index < -0.39 is 10.0 Å². The Morgan fingerprint density at radius 1 is 1.11 bits per heavy atom. The van der Waals surface area contributed by atoms with E-state index >= 15 is 0 Å². The number of hydrogen-bond acceptors (Lipinski definition) is 5. The zero-order chi connectivity index (χ0) is 20.1. The van der Waals surface area contributed by atoms with Gasteiger partial charge in [-0.1, -0.05) is 28.1 Å². The first-order chi connectivity index (χ1) is 13.4. The molecule has 0 aromatic heterocycles. The van der Waals surface area contributed by atoms with Crippen LogP contribution in [0.3, 0.4) is 0 Å². The fraction of sp³-hybridized carbons (Fsp3) is 0.350. The predicted octanol–water partition coefficient (Wildman–Crippen LogP) is 3.07. The maximum Gasteiger partial charge on any atom is 0.283 e. The van der Waals surface area contributed by atoms with E-state index in [1.807, 2.05) is 31.3 Å². The quantitative estimate of drug-likeness (QED) is 0.574. The summed E-state index contributed by atoms with van der Waals surface area (Å²) in [4.78, 5) is 2.24. The van der Waals surface area contributed by atoms with Crippen LogP contribution in [0, 0.1) is 0 Å². The highest BCUT2D eigenvalue weighted by molar-refractivity contribution is 9.10. The smallest absolute Gasteiger partial charge is 0.283 e. The Labute approximate surface area is 174 Å². The van der Waals surface area contributed by atoms with E-state index in [0.29, 0.717) is 30.2 Å². The molecular weight excluding hydrogens is 444 g/mol. The highest BCUT2D eigenvalue weighted by Gasteiger charge is 2.30. The molecule has 0 spiro atoms. The number of likely N-dealkylation sites (N-methyl/N-ethyl adjacent to an activating group) is 1. The summed E-state index contributed by atoms with van der Waals surface area (Å²) in [5.74, 6) is 0.526. The number of fused-ring (bicyclic) bond motifs is 1. The van der Waals surface area contributed by atoms with Crippen molar-refractivity contribution in [2.45, 2.75) is 17.7 Å². The van der Waals surface area contributed by atoms with Crippen LogP contribution in [0.25, 0.3) is 0 Å². The molecule has 0 bridgehead atoms. The molecule has 0 amide bonds. The lowest BCUT2D eigenvalue weighted by atomic mass is 10.0. The maximum absolute atomic E-state index is 12.5. The summed E-state index contributed by atoms with van der Waals surface area (Å²) in [6.45, 7) is 2.20. The molecule has 0 radical (unpaired) electrons. The normalized spacial score (nSPS) is 14.8. The molecule has 0 aliphatic carbocycles. The molecular formula is C20H23BrN2O4S. The molecule has 2 aromatic rings. The van der Waals surface area contributed by atoms with Gasteiger partial charge in [0.05, 0.1) is 18.9 Å². The Hall–Kier alpha value is -1.74. The van der Waals surface area contributed by atoms with Gasteiger partial charge >= 0.3 is 0 Å². The minimum absolute atomic E-state index is 0.154. The second-order valence-corrected chi connectivity index (χ2v) is 9.15. The van der Waals surface area contributed by atoms with E-state index in [1.54, 1.807) is 18.2 Å². The van der Waals surface area contributed by atoms with Crippen molar-refractivity contribution < 1.29 is 18.3 Å². The van der Waals surface area contributed by atoms with E-state index in [-0.39, 0.29) is 11.5 Å². The highest BCUT2D eigenvalue weighted by Crippen LogP contribution is 2.32. The lowest BCUT2D eigenvalue weighted by Crippen LogP contribution is -2.23. The highest BCUT2D eigenvalue weighted by atomic mass is 79.9. The van der Waals surface area contributed by atoms with Gasteiger partial charge in [-0.3, -0.25) is 0 Å². The third-order valence-electron chi connectivity index (χ3n) is 4.50. The summed E-state index contributed by atoms with van der Waals surface area (Å²) in [6, 6.07) is 12.5. The average Bonchev–Trinajstić information content (AvgIpc) is 2.93. The Kier molecular flexibility index (Phi) is 6.87. The first-order valence-corrected chi connectivity index (χ1v) is 11.3. The lowest BCUT2D eigenvalue weighted by Gasteiger charge is -2.14. The second kappa shape index (κ2) is 9.17. The van der Waals surface area contributed by atoms with Crippen LogP contribution in [0.1, 0.15) is 24.0 Å². The number of ether oxygens (including phenoxy) is 1. The van der Waals surface area contributed by atoms with Crippen molar-refractivity contribution in [2.75, 3.05) is 33.4 Å². The number of rotatable bonds is 9. The standard InChI is InChI=1S/C20H23BrN2O4S/c1-23(11-12-24)10-2-3-13-27-17-8-9-18-19(14-17)28(25,26)22-20(18)15-4-6-16(21)7-5-15/h4-9,14,24H,2-3,10-13H2,1H3. The lowest BCUT2D eigenvalue weighted by molar-refractivity contribution is 0.214. The van der Waals surface area contributed by atoms with Gasteiger partial charge in [0, 0.05) is 28.2 Å². The van der Waals surface area contributed by atoms with Gasteiger partial charge in [0.2, 0.25) is 0 Å². The molecule has 3 rings (SSSR count). The maximum atomic E-state index is 12.5. The molecule has 0 fully saturated rings. The van der Waals surface area contributed by atoms with E-state index in [2.05, 4.69) is 25.2 Å². The number of sulfonamides is 1. The van der Waals surface area contributed by atoms with Crippen LogP contribution >= 0.6 is 15.9 Å². The topological polar surface area (TPSA) is 79.2 Å². The van der Waals surface area contributed by atoms with Crippen molar-refractivity contribution in [3.8, 4) is 5.75 Å². The first-order valence-electron chi connectivity index (χ1n) is 9.08. The average molecular weight is 467 g/mol. The summed E-state index contributed by atoms with van der Waals surface area (Å²) in [6.07, 6.45) is 1.79. The predicted molar refractivity (Wildman–Crippen MR) is 113 cm³/mol. The van der Waals surface area contributed by atoms with Crippen LogP contribution in [-0.4, -0.2) is 57.5 Å². The van der Waals surface area contributed by atoms with Crippen molar-refractivity contribution in [1.29, 1.82) is 0 Å². The van der Waals surface area contributed by atoms with Gasteiger partial charge in [0.25, 0.3) is 10.0 Å². The van der Waals surface area contributed by atoms with Crippen molar-refractivity contribution in [3.05, 3.63) is 58.1 Å². The second-order valence-electron chi connectivity index (χ2n) is 6.66. The first kappa shape index (κ1) is 21.0. The van der Waals surface area contributed by atoms with Gasteiger partial charge in [0.1, 0.15) is 10.6 Å². The molecule has 1 heterocycles. The number of nitrogens with zero attached hydrogens (tertiary/aromatic N) is 2. The molecule has 1 aliphatic rings. The molecule has 2 aromatic carbocycles. The van der Waals surface area contributed by atoms with Gasteiger partial charge in [-0.15, -0.1) is 0 Å². The fourth-order valence-electron chi connectivity index (χ4n) is 2.99. The molecule has 0 saturated carbocycles. The molecule has 0 atom stereocenters. The van der Waals surface area contributed by atoms with Crippen LogP contribution < -0.4 is 4.74 Å². The summed E-state index contributed by atoms with van der Waals surface area (Å²) < 4.78 is 35.6. The Balaban J connectivity index is 1.66. The molecule has 0 saturated heterocycles. The third-order valence-corrected chi connectivity index (χ3v) is 6.35. The molecule has 1 N–H and O–H groups in total. The number of aliphatic hydroxyl groups excluding tert-OH is 1. The number of benzene rings is 2.